The molecule has 3 aromatic carbocycles. The summed E-state index contributed by atoms with van der Waals surface area (Å²) in [5.74, 6) is 0. The van der Waals surface area contributed by atoms with E-state index in [1.807, 2.05) is 61.5 Å². The Morgan fingerprint density at radius 3 is 1.38 bits per heavy atom. The molecule has 0 saturated carbocycles. The quantitative estimate of drug-likeness (QED) is 0.156. The third kappa shape index (κ3) is 8.93. The average molecular weight is 580 g/mol. The molecule has 3 rings (SSSR count). The van der Waals surface area contributed by atoms with Gasteiger partial charge in [0.25, 0.3) is 11.4 Å². The van der Waals surface area contributed by atoms with Crippen LogP contribution >= 0.6 is 0 Å². The number of anilines is 3. The minimum atomic E-state index is -0.405. The largest absolute Gasteiger partial charge is 0.398 e. The van der Waals surface area contributed by atoms with Crippen LogP contribution in [0.15, 0.2) is 42.5 Å². The fraction of sp³-hybridized carbons (Fsp3) is 0.455. The lowest BCUT2D eigenvalue weighted by Crippen LogP contribution is -2.17. The van der Waals surface area contributed by atoms with Crippen LogP contribution in [0.25, 0.3) is 0 Å². The van der Waals surface area contributed by atoms with Crippen molar-refractivity contribution in [3.05, 3.63) is 96.1 Å². The molecule has 0 unspecified atom stereocenters. The Balaban J connectivity index is 0.000000317. The van der Waals surface area contributed by atoms with Gasteiger partial charge < -0.3 is 17.2 Å². The van der Waals surface area contributed by atoms with Crippen molar-refractivity contribution in [3.63, 3.8) is 0 Å². The summed E-state index contributed by atoms with van der Waals surface area (Å²) in [6.07, 6.45) is 0. The molecule has 0 bridgehead atoms. The third-order valence-electron chi connectivity index (χ3n) is 7.01. The van der Waals surface area contributed by atoms with E-state index in [9.17, 15) is 20.2 Å². The second-order valence-corrected chi connectivity index (χ2v) is 13.7. The zero-order valence-electron chi connectivity index (χ0n) is 27.3. The molecule has 0 aromatic heterocycles. The number of hydrogen-bond acceptors (Lipinski definition) is 7. The topological polar surface area (TPSA) is 164 Å². The SMILES string of the molecule is Cc1c([N+](=O)[O-])ccc(C(C)(C)C)c1N.Cc1ccc([N+](=O)[O-])c(C(C)(C)C)c1N.Cc1cccc(C(C)(C)C)c1N. The van der Waals surface area contributed by atoms with Crippen LogP contribution in [0.5, 0.6) is 0 Å². The van der Waals surface area contributed by atoms with Crippen molar-refractivity contribution in [2.24, 2.45) is 0 Å². The summed E-state index contributed by atoms with van der Waals surface area (Å²) in [5.41, 5.74) is 25.1. The minimum absolute atomic E-state index is 0.0838. The van der Waals surface area contributed by atoms with Crippen LogP contribution in [0.1, 0.15) is 95.7 Å². The molecule has 9 heteroatoms. The van der Waals surface area contributed by atoms with Crippen LogP contribution in [0.2, 0.25) is 0 Å². The number of nitrogens with zero attached hydrogens (tertiary/aromatic N) is 2. The molecule has 0 amide bonds. The van der Waals surface area contributed by atoms with Crippen molar-refractivity contribution in [1.82, 2.24) is 0 Å². The first-order valence-corrected chi connectivity index (χ1v) is 13.9. The first kappa shape index (κ1) is 35.9. The maximum atomic E-state index is 10.9. The first-order chi connectivity index (χ1) is 18.9. The lowest BCUT2D eigenvalue weighted by molar-refractivity contribution is -0.385. The second kappa shape index (κ2) is 13.2. The molecule has 0 spiro atoms. The lowest BCUT2D eigenvalue weighted by atomic mass is 9.83. The Bertz CT molecular complexity index is 1440. The summed E-state index contributed by atoms with van der Waals surface area (Å²) in [6, 6.07) is 12.7. The molecule has 0 aliphatic rings. The second-order valence-electron chi connectivity index (χ2n) is 13.7. The van der Waals surface area contributed by atoms with E-state index in [1.54, 1.807) is 19.1 Å². The highest BCUT2D eigenvalue weighted by molar-refractivity contribution is 5.65. The van der Waals surface area contributed by atoms with Gasteiger partial charge >= 0.3 is 0 Å². The normalized spacial score (nSPS) is 11.5. The number of nitrogen functional groups attached to an aromatic ring is 3. The standard InChI is InChI=1S/2C11H16N2O2.C11H17N/c1-7-9(13(14)15)6-5-8(10(7)12)11(2,3)4;1-7-5-6-8(13(14)15)9(10(7)12)11(2,3)4;1-8-6-5-7-9(10(8)12)11(2,3)4/h2*5-6H,12H2,1-4H3;5-7H,12H2,1-4H3. The van der Waals surface area contributed by atoms with E-state index in [4.69, 9.17) is 17.2 Å². The Morgan fingerprint density at radius 1 is 0.548 bits per heavy atom. The molecule has 3 aromatic rings. The lowest BCUT2D eigenvalue weighted by Gasteiger charge is -2.22. The summed E-state index contributed by atoms with van der Waals surface area (Å²) in [5, 5.41) is 21.6. The number of nitrogens with two attached hydrogens (primary N) is 3. The molecule has 230 valence electrons. The smallest absolute Gasteiger partial charge is 0.275 e. The van der Waals surface area contributed by atoms with E-state index < -0.39 is 4.92 Å². The number of nitro benzene ring substituents is 2. The van der Waals surface area contributed by atoms with Crippen LogP contribution in [0.4, 0.5) is 28.4 Å². The van der Waals surface area contributed by atoms with Crippen molar-refractivity contribution in [2.75, 3.05) is 17.2 Å². The molecule has 6 N–H and O–H groups in total. The van der Waals surface area contributed by atoms with Gasteiger partial charge in [0.05, 0.1) is 15.4 Å². The molecule has 0 saturated heterocycles. The zero-order valence-corrected chi connectivity index (χ0v) is 27.3. The molecule has 42 heavy (non-hydrogen) atoms. The highest BCUT2D eigenvalue weighted by atomic mass is 16.6. The molecule has 9 nitrogen and oxygen atoms in total. The monoisotopic (exact) mass is 579 g/mol. The summed E-state index contributed by atoms with van der Waals surface area (Å²) in [7, 11) is 0. The zero-order chi connectivity index (χ0) is 33.0. The van der Waals surface area contributed by atoms with E-state index in [2.05, 4.69) is 32.9 Å². The van der Waals surface area contributed by atoms with E-state index in [0.29, 0.717) is 22.5 Å². The predicted octanol–water partition coefficient (Wildman–Crippen LogP) is 8.44. The molecule has 0 heterocycles. The molecule has 0 fully saturated rings. The van der Waals surface area contributed by atoms with E-state index >= 15 is 0 Å². The van der Waals surface area contributed by atoms with Gasteiger partial charge in [-0.2, -0.15) is 0 Å². The molecule has 0 aliphatic heterocycles. The first-order valence-electron chi connectivity index (χ1n) is 13.9. The highest BCUT2D eigenvalue weighted by Crippen LogP contribution is 2.37. The number of rotatable bonds is 2. The van der Waals surface area contributed by atoms with Crippen LogP contribution in [-0.4, -0.2) is 9.85 Å². The number of benzene rings is 3. The van der Waals surface area contributed by atoms with Crippen molar-refractivity contribution in [3.8, 4) is 0 Å². The van der Waals surface area contributed by atoms with E-state index in [-0.39, 0.29) is 32.5 Å². The van der Waals surface area contributed by atoms with Gasteiger partial charge in [-0.15, -0.1) is 0 Å². The Labute approximate surface area is 250 Å². The van der Waals surface area contributed by atoms with Gasteiger partial charge in [0.2, 0.25) is 0 Å². The Kier molecular flexibility index (Phi) is 11.3. The molecule has 0 atom stereocenters. The fourth-order valence-electron chi connectivity index (χ4n) is 4.56. The molecular weight excluding hydrogens is 530 g/mol. The molecular formula is C33H49N5O4. The Hall–Kier alpha value is -4.14. The summed E-state index contributed by atoms with van der Waals surface area (Å²) in [4.78, 5) is 20.8. The van der Waals surface area contributed by atoms with Gasteiger partial charge in [-0.1, -0.05) is 86.6 Å². The third-order valence-corrected chi connectivity index (χ3v) is 7.01. The molecule has 0 aliphatic carbocycles. The summed E-state index contributed by atoms with van der Waals surface area (Å²) in [6.45, 7) is 24.0. The van der Waals surface area contributed by atoms with E-state index in [0.717, 1.165) is 16.8 Å². The highest BCUT2D eigenvalue weighted by Gasteiger charge is 2.28. The van der Waals surface area contributed by atoms with Crippen molar-refractivity contribution in [1.29, 1.82) is 0 Å². The van der Waals surface area contributed by atoms with Gasteiger partial charge in [-0.25, -0.2) is 0 Å². The average Bonchev–Trinajstić information content (AvgIpc) is 2.82. The number of para-hydroxylation sites is 1. The fourth-order valence-corrected chi connectivity index (χ4v) is 4.56. The predicted molar refractivity (Wildman–Crippen MR) is 176 cm³/mol. The van der Waals surface area contributed by atoms with Gasteiger partial charge in [-0.05, 0) is 65.3 Å². The van der Waals surface area contributed by atoms with Crippen LogP contribution < -0.4 is 17.2 Å². The van der Waals surface area contributed by atoms with Gasteiger partial charge in [0, 0.05) is 34.8 Å². The van der Waals surface area contributed by atoms with Gasteiger partial charge in [0.15, 0.2) is 0 Å². The van der Waals surface area contributed by atoms with Crippen molar-refractivity contribution < 1.29 is 9.85 Å². The number of hydrogen-bond donors (Lipinski definition) is 3. The van der Waals surface area contributed by atoms with Crippen LogP contribution in [-0.2, 0) is 16.2 Å². The maximum Gasteiger partial charge on any atom is 0.275 e. The number of nitro groups is 2. The van der Waals surface area contributed by atoms with Crippen molar-refractivity contribution in [2.45, 2.75) is 99.3 Å². The minimum Gasteiger partial charge on any atom is -0.398 e. The van der Waals surface area contributed by atoms with Gasteiger partial charge in [0.1, 0.15) is 0 Å². The van der Waals surface area contributed by atoms with E-state index in [1.165, 1.54) is 23.3 Å². The van der Waals surface area contributed by atoms with Crippen LogP contribution in [0.3, 0.4) is 0 Å². The summed E-state index contributed by atoms with van der Waals surface area (Å²) < 4.78 is 0. The number of aryl methyl sites for hydroxylation is 2. The molecule has 0 radical (unpaired) electrons. The van der Waals surface area contributed by atoms with Crippen molar-refractivity contribution >= 4 is 28.4 Å². The van der Waals surface area contributed by atoms with Gasteiger partial charge in [-0.3, -0.25) is 20.2 Å². The Morgan fingerprint density at radius 2 is 0.976 bits per heavy atom. The summed E-state index contributed by atoms with van der Waals surface area (Å²) >= 11 is 0. The maximum absolute atomic E-state index is 10.9. The van der Waals surface area contributed by atoms with Crippen LogP contribution in [0, 0.1) is 41.0 Å².